The molecule has 0 fully saturated rings. The van der Waals surface area contributed by atoms with Crippen LogP contribution in [0.1, 0.15) is 10.4 Å². The molecule has 1 amide bonds. The average Bonchev–Trinajstić information content (AvgIpc) is 3.02. The third-order valence-corrected chi connectivity index (χ3v) is 4.58. The van der Waals surface area contributed by atoms with Gasteiger partial charge in [0.25, 0.3) is 5.91 Å². The summed E-state index contributed by atoms with van der Waals surface area (Å²) in [5, 5.41) is 4.31. The summed E-state index contributed by atoms with van der Waals surface area (Å²) in [7, 11) is 0. The van der Waals surface area contributed by atoms with E-state index in [2.05, 4.69) is 31.2 Å². The number of H-pyrrole nitrogens is 2. The Labute approximate surface area is 144 Å². The van der Waals surface area contributed by atoms with E-state index < -0.39 is 5.91 Å². The van der Waals surface area contributed by atoms with Crippen molar-refractivity contribution in [1.82, 2.24) is 9.97 Å². The first-order chi connectivity index (χ1) is 11.6. The van der Waals surface area contributed by atoms with Gasteiger partial charge in [0.2, 0.25) is 5.43 Å². The molecule has 0 saturated carbocycles. The monoisotopic (exact) mass is 381 g/mol. The topological polar surface area (TPSA) is 77.8 Å². The Hall–Kier alpha value is -2.86. The lowest BCUT2D eigenvalue weighted by molar-refractivity contribution is 0.102. The summed E-state index contributed by atoms with van der Waals surface area (Å²) in [6, 6.07) is 12.8. The molecular weight excluding hydrogens is 370 g/mol. The third kappa shape index (κ3) is 2.41. The zero-order chi connectivity index (χ0) is 16.7. The quantitative estimate of drug-likeness (QED) is 0.490. The van der Waals surface area contributed by atoms with Gasteiger partial charge in [0.05, 0.1) is 5.69 Å². The minimum Gasteiger partial charge on any atom is -0.361 e. The van der Waals surface area contributed by atoms with Gasteiger partial charge in [0.1, 0.15) is 5.56 Å². The highest BCUT2D eigenvalue weighted by Gasteiger charge is 2.14. The van der Waals surface area contributed by atoms with Crippen LogP contribution in [0.25, 0.3) is 21.8 Å². The first kappa shape index (κ1) is 14.7. The third-order valence-electron chi connectivity index (χ3n) is 3.92. The van der Waals surface area contributed by atoms with E-state index in [4.69, 9.17) is 0 Å². The number of carbonyl (C=O) groups is 1. The Morgan fingerprint density at radius 1 is 1.04 bits per heavy atom. The van der Waals surface area contributed by atoms with E-state index >= 15 is 0 Å². The number of aromatic nitrogens is 2. The number of carbonyl (C=O) groups excluding carboxylic acids is 1. The second-order valence-electron chi connectivity index (χ2n) is 5.43. The lowest BCUT2D eigenvalue weighted by Gasteiger charge is -2.08. The molecule has 2 aromatic carbocycles. The molecule has 6 heteroatoms. The molecule has 0 atom stereocenters. The number of amides is 1. The molecule has 0 aliphatic rings. The lowest BCUT2D eigenvalue weighted by Crippen LogP contribution is -2.22. The standard InChI is InChI=1S/C18H12BrN3O2/c19-13-7-10-5-6-20-15(10)8-16(13)22-18(24)12-9-21-14-4-2-1-3-11(14)17(12)23/h1-9,20H,(H,21,23)(H,22,24). The molecule has 24 heavy (non-hydrogen) atoms. The van der Waals surface area contributed by atoms with Gasteiger partial charge in [0, 0.05) is 38.7 Å². The largest absolute Gasteiger partial charge is 0.361 e. The first-order valence-corrected chi connectivity index (χ1v) is 8.11. The Kier molecular flexibility index (Phi) is 3.46. The fraction of sp³-hybridized carbons (Fsp3) is 0. The molecule has 5 nitrogen and oxygen atoms in total. The number of rotatable bonds is 2. The minimum absolute atomic E-state index is 0.0761. The molecule has 118 valence electrons. The number of nitrogens with one attached hydrogen (secondary N) is 3. The number of pyridine rings is 1. The summed E-state index contributed by atoms with van der Waals surface area (Å²) < 4.78 is 0.750. The van der Waals surface area contributed by atoms with Crippen LogP contribution in [-0.2, 0) is 0 Å². The van der Waals surface area contributed by atoms with Gasteiger partial charge in [-0.3, -0.25) is 9.59 Å². The van der Waals surface area contributed by atoms with Gasteiger partial charge in [-0.05, 0) is 46.3 Å². The molecule has 2 heterocycles. The number of hydrogen-bond acceptors (Lipinski definition) is 2. The molecule has 0 bridgehead atoms. The zero-order valence-electron chi connectivity index (χ0n) is 12.4. The average molecular weight is 382 g/mol. The number of para-hydroxylation sites is 1. The molecule has 4 aromatic rings. The van der Waals surface area contributed by atoms with Crippen LogP contribution in [0.4, 0.5) is 5.69 Å². The fourth-order valence-corrected chi connectivity index (χ4v) is 3.15. The summed E-state index contributed by atoms with van der Waals surface area (Å²) in [5.41, 5.74) is 1.99. The summed E-state index contributed by atoms with van der Waals surface area (Å²) in [4.78, 5) is 31.1. The van der Waals surface area contributed by atoms with Crippen LogP contribution in [0.3, 0.4) is 0 Å². The molecule has 0 saturated heterocycles. The maximum absolute atomic E-state index is 12.5. The zero-order valence-corrected chi connectivity index (χ0v) is 14.0. The SMILES string of the molecule is O=C(Nc1cc2[nH]ccc2cc1Br)c1c[nH]c2ccccc2c1=O. The van der Waals surface area contributed by atoms with Gasteiger partial charge in [-0.15, -0.1) is 0 Å². The van der Waals surface area contributed by atoms with Crippen LogP contribution in [0.2, 0.25) is 0 Å². The minimum atomic E-state index is -0.450. The van der Waals surface area contributed by atoms with Gasteiger partial charge in [-0.2, -0.15) is 0 Å². The van der Waals surface area contributed by atoms with E-state index in [1.54, 1.807) is 18.2 Å². The molecule has 4 rings (SSSR count). The van der Waals surface area contributed by atoms with Crippen LogP contribution >= 0.6 is 15.9 Å². The van der Waals surface area contributed by atoms with Crippen molar-refractivity contribution in [2.75, 3.05) is 5.32 Å². The Morgan fingerprint density at radius 2 is 1.88 bits per heavy atom. The van der Waals surface area contributed by atoms with E-state index in [1.807, 2.05) is 30.5 Å². The highest BCUT2D eigenvalue weighted by Crippen LogP contribution is 2.28. The van der Waals surface area contributed by atoms with Crippen molar-refractivity contribution < 1.29 is 4.79 Å². The van der Waals surface area contributed by atoms with Crippen molar-refractivity contribution in [3.8, 4) is 0 Å². The summed E-state index contributed by atoms with van der Waals surface area (Å²) in [5.74, 6) is -0.450. The molecule has 3 N–H and O–H groups in total. The molecule has 0 aliphatic heterocycles. The normalized spacial score (nSPS) is 11.0. The summed E-state index contributed by atoms with van der Waals surface area (Å²) in [6.07, 6.45) is 3.28. The van der Waals surface area contributed by atoms with E-state index in [1.165, 1.54) is 6.20 Å². The fourth-order valence-electron chi connectivity index (χ4n) is 2.69. The molecule has 0 radical (unpaired) electrons. The van der Waals surface area contributed by atoms with Gasteiger partial charge >= 0.3 is 0 Å². The van der Waals surface area contributed by atoms with E-state index in [9.17, 15) is 9.59 Å². The van der Waals surface area contributed by atoms with Crippen molar-refractivity contribution in [3.05, 3.63) is 75.1 Å². The Bertz CT molecular complexity index is 1140. The predicted octanol–water partition coefficient (Wildman–Crippen LogP) is 4.02. The maximum Gasteiger partial charge on any atom is 0.261 e. The van der Waals surface area contributed by atoms with Crippen LogP contribution in [0.5, 0.6) is 0 Å². The summed E-state index contributed by atoms with van der Waals surface area (Å²) >= 11 is 3.45. The molecular formula is C18H12BrN3O2. The second kappa shape index (κ2) is 5.65. The van der Waals surface area contributed by atoms with Crippen LogP contribution in [-0.4, -0.2) is 15.9 Å². The number of anilines is 1. The molecule has 0 aliphatic carbocycles. The van der Waals surface area contributed by atoms with Crippen molar-refractivity contribution in [2.24, 2.45) is 0 Å². The van der Waals surface area contributed by atoms with Gasteiger partial charge < -0.3 is 15.3 Å². The number of halogens is 1. The van der Waals surface area contributed by atoms with Crippen molar-refractivity contribution >= 4 is 49.3 Å². The van der Waals surface area contributed by atoms with Crippen molar-refractivity contribution in [2.45, 2.75) is 0 Å². The van der Waals surface area contributed by atoms with Crippen LogP contribution in [0.15, 0.2) is 64.1 Å². The first-order valence-electron chi connectivity index (χ1n) is 7.32. The van der Waals surface area contributed by atoms with Gasteiger partial charge in [0.15, 0.2) is 0 Å². The van der Waals surface area contributed by atoms with Gasteiger partial charge in [-0.1, -0.05) is 12.1 Å². The Balaban J connectivity index is 1.74. The molecule has 0 unspecified atom stereocenters. The number of aromatic amines is 2. The smallest absolute Gasteiger partial charge is 0.261 e. The van der Waals surface area contributed by atoms with Crippen LogP contribution in [0, 0.1) is 0 Å². The van der Waals surface area contributed by atoms with Crippen LogP contribution < -0.4 is 10.7 Å². The highest BCUT2D eigenvalue weighted by atomic mass is 79.9. The van der Waals surface area contributed by atoms with E-state index in [0.717, 1.165) is 15.4 Å². The second-order valence-corrected chi connectivity index (χ2v) is 6.28. The molecule has 0 spiro atoms. The van der Waals surface area contributed by atoms with Crippen molar-refractivity contribution in [3.63, 3.8) is 0 Å². The van der Waals surface area contributed by atoms with E-state index in [-0.39, 0.29) is 11.0 Å². The van der Waals surface area contributed by atoms with Crippen molar-refractivity contribution in [1.29, 1.82) is 0 Å². The van der Waals surface area contributed by atoms with E-state index in [0.29, 0.717) is 16.6 Å². The summed E-state index contributed by atoms with van der Waals surface area (Å²) in [6.45, 7) is 0. The highest BCUT2D eigenvalue weighted by molar-refractivity contribution is 9.10. The predicted molar refractivity (Wildman–Crippen MR) is 98.5 cm³/mol. The Morgan fingerprint density at radius 3 is 2.75 bits per heavy atom. The van der Waals surface area contributed by atoms with Gasteiger partial charge in [-0.25, -0.2) is 0 Å². The maximum atomic E-state index is 12.5. The number of hydrogen-bond donors (Lipinski definition) is 3. The number of fused-ring (bicyclic) bond motifs is 2. The lowest BCUT2D eigenvalue weighted by atomic mass is 10.1. The molecule has 2 aromatic heterocycles. The number of benzene rings is 2.